The van der Waals surface area contributed by atoms with Gasteiger partial charge in [0.05, 0.1) is 24.5 Å². The fourth-order valence-corrected chi connectivity index (χ4v) is 3.72. The molecule has 2 amide bonds. The Morgan fingerprint density at radius 2 is 1.59 bits per heavy atom. The van der Waals surface area contributed by atoms with Crippen molar-refractivity contribution in [2.24, 2.45) is 11.8 Å². The Kier molecular flexibility index (Phi) is 6.37. The number of aliphatic hydroxyl groups is 1. The van der Waals surface area contributed by atoms with Crippen molar-refractivity contribution < 1.29 is 27.9 Å². The number of likely N-dealkylation sites (tertiary alicyclic amines) is 1. The number of amides is 2. The largest absolute Gasteiger partial charge is 0.393 e. The van der Waals surface area contributed by atoms with Crippen molar-refractivity contribution in [3.8, 4) is 0 Å². The molecule has 1 aliphatic rings. The molecule has 4 nitrogen and oxygen atoms in total. The Morgan fingerprint density at radius 3 is 2.17 bits per heavy atom. The molecule has 1 fully saturated rings. The molecule has 3 rings (SSSR count). The van der Waals surface area contributed by atoms with Gasteiger partial charge in [-0.2, -0.15) is 13.2 Å². The van der Waals surface area contributed by atoms with Gasteiger partial charge in [-0.3, -0.25) is 14.5 Å². The van der Waals surface area contributed by atoms with Gasteiger partial charge in [0.15, 0.2) is 0 Å². The monoisotopic (exact) mass is 405 g/mol. The minimum Gasteiger partial charge on any atom is -0.388 e. The van der Waals surface area contributed by atoms with Crippen molar-refractivity contribution in [2.75, 3.05) is 0 Å². The van der Waals surface area contributed by atoms with Crippen molar-refractivity contribution in [3.05, 3.63) is 71.8 Å². The lowest BCUT2D eigenvalue weighted by Gasteiger charge is -2.37. The topological polar surface area (TPSA) is 57.6 Å². The summed E-state index contributed by atoms with van der Waals surface area (Å²) in [6.07, 6.45) is -6.54. The van der Waals surface area contributed by atoms with Crippen molar-refractivity contribution in [2.45, 2.75) is 38.1 Å². The molecule has 2 aromatic carbocycles. The van der Waals surface area contributed by atoms with Gasteiger partial charge in [0.25, 0.3) is 0 Å². The van der Waals surface area contributed by atoms with Gasteiger partial charge in [-0.15, -0.1) is 0 Å². The molecule has 1 saturated heterocycles. The second-order valence-electron chi connectivity index (χ2n) is 7.27. The summed E-state index contributed by atoms with van der Waals surface area (Å²) in [4.78, 5) is 26.1. The van der Waals surface area contributed by atoms with Crippen LogP contribution in [0.5, 0.6) is 0 Å². The molecular formula is C22H22F3NO3. The smallest absolute Gasteiger partial charge is 0.388 e. The number of alkyl halides is 3. The van der Waals surface area contributed by atoms with Crippen molar-refractivity contribution >= 4 is 11.8 Å². The van der Waals surface area contributed by atoms with Crippen LogP contribution in [0, 0.1) is 11.8 Å². The molecule has 3 atom stereocenters. The molecule has 7 heteroatoms. The van der Waals surface area contributed by atoms with E-state index in [1.54, 1.807) is 60.7 Å². The van der Waals surface area contributed by atoms with Gasteiger partial charge < -0.3 is 5.11 Å². The molecule has 0 aromatic heterocycles. The zero-order valence-corrected chi connectivity index (χ0v) is 15.7. The van der Waals surface area contributed by atoms with Crippen LogP contribution in [0.4, 0.5) is 13.2 Å². The molecule has 0 radical (unpaired) electrons. The number of halogens is 3. The molecule has 1 heterocycles. The second-order valence-corrected chi connectivity index (χ2v) is 7.27. The minimum absolute atomic E-state index is 0.000365. The Hall–Kier alpha value is -2.67. The van der Waals surface area contributed by atoms with Gasteiger partial charge in [0.1, 0.15) is 0 Å². The highest BCUT2D eigenvalue weighted by molar-refractivity contribution is 5.99. The number of benzene rings is 2. The average Bonchev–Trinajstić information content (AvgIpc) is 2.70. The summed E-state index contributed by atoms with van der Waals surface area (Å²) < 4.78 is 40.7. The summed E-state index contributed by atoms with van der Waals surface area (Å²) in [7, 11) is 0. The Morgan fingerprint density at radius 1 is 1.00 bits per heavy atom. The van der Waals surface area contributed by atoms with Crippen LogP contribution in [0.2, 0.25) is 0 Å². The molecule has 1 N–H and O–H groups in total. The molecule has 0 saturated carbocycles. The van der Waals surface area contributed by atoms with E-state index in [4.69, 9.17) is 0 Å². The van der Waals surface area contributed by atoms with E-state index >= 15 is 0 Å². The first-order chi connectivity index (χ1) is 13.8. The maximum Gasteiger partial charge on any atom is 0.393 e. The van der Waals surface area contributed by atoms with E-state index in [0.717, 1.165) is 4.90 Å². The minimum atomic E-state index is -4.66. The predicted octanol–water partition coefficient (Wildman–Crippen LogP) is 4.25. The van der Waals surface area contributed by atoms with Crippen molar-refractivity contribution in [3.63, 3.8) is 0 Å². The van der Waals surface area contributed by atoms with Gasteiger partial charge in [0, 0.05) is 6.42 Å². The van der Waals surface area contributed by atoms with Crippen LogP contribution in [-0.4, -0.2) is 28.0 Å². The lowest BCUT2D eigenvalue weighted by Crippen LogP contribution is -2.52. The summed E-state index contributed by atoms with van der Waals surface area (Å²) in [5, 5.41) is 10.3. The Balaban J connectivity index is 1.78. The van der Waals surface area contributed by atoms with Crippen LogP contribution in [0.3, 0.4) is 0 Å². The van der Waals surface area contributed by atoms with Gasteiger partial charge >= 0.3 is 6.18 Å². The normalized spacial score (nSPS) is 21.3. The molecular weight excluding hydrogens is 383 g/mol. The highest BCUT2D eigenvalue weighted by atomic mass is 19.4. The molecule has 154 valence electrons. The molecule has 0 bridgehead atoms. The first-order valence-electron chi connectivity index (χ1n) is 9.45. The average molecular weight is 405 g/mol. The number of imide groups is 1. The Bertz CT molecular complexity index is 839. The van der Waals surface area contributed by atoms with Gasteiger partial charge in [0.2, 0.25) is 11.8 Å². The number of rotatable bonds is 6. The van der Waals surface area contributed by atoms with E-state index in [0.29, 0.717) is 11.1 Å². The van der Waals surface area contributed by atoms with Crippen molar-refractivity contribution in [1.29, 1.82) is 0 Å². The van der Waals surface area contributed by atoms with E-state index in [-0.39, 0.29) is 19.4 Å². The van der Waals surface area contributed by atoms with E-state index in [2.05, 4.69) is 0 Å². The number of hydrogen-bond donors (Lipinski definition) is 1. The lowest BCUT2D eigenvalue weighted by atomic mass is 9.80. The number of nitrogens with zero attached hydrogens (tertiary/aromatic N) is 1. The SMILES string of the molecule is O=C1CC(C(F)(F)F)C(CCC(O)c2ccccc2)C(=O)N1Cc1ccccc1. The number of carbonyl (C=O) groups excluding carboxylic acids is 2. The summed E-state index contributed by atoms with van der Waals surface area (Å²) in [6.45, 7) is -0.0547. The maximum absolute atomic E-state index is 13.6. The van der Waals surface area contributed by atoms with Crippen LogP contribution in [-0.2, 0) is 16.1 Å². The molecule has 0 aliphatic carbocycles. The summed E-state index contributed by atoms with van der Waals surface area (Å²) in [6, 6.07) is 17.3. The third-order valence-corrected chi connectivity index (χ3v) is 5.30. The Labute approximate surface area is 167 Å². The molecule has 29 heavy (non-hydrogen) atoms. The van der Waals surface area contributed by atoms with E-state index in [9.17, 15) is 27.9 Å². The number of hydrogen-bond acceptors (Lipinski definition) is 3. The van der Waals surface area contributed by atoms with Gasteiger partial charge in [-0.1, -0.05) is 60.7 Å². The van der Waals surface area contributed by atoms with E-state index in [1.807, 2.05) is 0 Å². The predicted molar refractivity (Wildman–Crippen MR) is 100 cm³/mol. The van der Waals surface area contributed by atoms with Crippen molar-refractivity contribution in [1.82, 2.24) is 4.90 Å². The summed E-state index contributed by atoms with van der Waals surface area (Å²) in [5.74, 6) is -5.07. The third-order valence-electron chi connectivity index (χ3n) is 5.30. The fraction of sp³-hybridized carbons (Fsp3) is 0.364. The molecule has 2 aromatic rings. The van der Waals surface area contributed by atoms with Crippen LogP contribution in [0.15, 0.2) is 60.7 Å². The maximum atomic E-state index is 13.6. The highest BCUT2D eigenvalue weighted by Crippen LogP contribution is 2.42. The zero-order valence-electron chi connectivity index (χ0n) is 15.7. The molecule has 1 aliphatic heterocycles. The quantitative estimate of drug-likeness (QED) is 0.731. The molecule has 0 spiro atoms. The van der Waals surface area contributed by atoms with Gasteiger partial charge in [-0.05, 0) is 24.0 Å². The van der Waals surface area contributed by atoms with Crippen LogP contribution < -0.4 is 0 Å². The van der Waals surface area contributed by atoms with Crippen LogP contribution >= 0.6 is 0 Å². The summed E-state index contributed by atoms with van der Waals surface area (Å²) in [5.41, 5.74) is 1.25. The number of carbonyl (C=O) groups is 2. The summed E-state index contributed by atoms with van der Waals surface area (Å²) >= 11 is 0. The van der Waals surface area contributed by atoms with E-state index in [1.165, 1.54) is 0 Å². The third kappa shape index (κ3) is 5.03. The van der Waals surface area contributed by atoms with Gasteiger partial charge in [-0.25, -0.2) is 0 Å². The highest BCUT2D eigenvalue weighted by Gasteiger charge is 2.53. The van der Waals surface area contributed by atoms with E-state index < -0.39 is 42.4 Å². The second kappa shape index (κ2) is 8.78. The fourth-order valence-electron chi connectivity index (χ4n) is 3.72. The lowest BCUT2D eigenvalue weighted by molar-refractivity contribution is -0.207. The number of aliphatic hydroxyl groups excluding tert-OH is 1. The molecule has 3 unspecified atom stereocenters. The standard InChI is InChI=1S/C22H22F3NO3/c23-22(24,25)18-13-20(28)26(14-15-7-3-1-4-8-15)21(29)17(18)11-12-19(27)16-9-5-2-6-10-16/h1-10,17-19,27H,11-14H2. The first-order valence-corrected chi connectivity index (χ1v) is 9.45. The number of piperidine rings is 1. The van der Waals surface area contributed by atoms with Crippen LogP contribution in [0.25, 0.3) is 0 Å². The first kappa shape index (κ1) is 21.0. The zero-order chi connectivity index (χ0) is 21.0. The van der Waals surface area contributed by atoms with Crippen LogP contribution in [0.1, 0.15) is 36.5 Å².